The Morgan fingerprint density at radius 3 is 2.46 bits per heavy atom. The molecule has 0 aliphatic heterocycles. The summed E-state index contributed by atoms with van der Waals surface area (Å²) >= 11 is 5.61. The first-order chi connectivity index (χ1) is 12.2. The Kier molecular flexibility index (Phi) is 6.15. The molecule has 2 aromatic carbocycles. The number of rotatable bonds is 5. The fourth-order valence-corrected chi connectivity index (χ4v) is 2.34. The number of carbonyl (C=O) groups is 1. The summed E-state index contributed by atoms with van der Waals surface area (Å²) in [6.07, 6.45) is -2.13. The van der Waals surface area contributed by atoms with Crippen LogP contribution in [0.25, 0.3) is 6.08 Å². The number of anilines is 1. The molecule has 0 spiro atoms. The lowest BCUT2D eigenvalue weighted by molar-refractivity contribution is -0.136. The van der Waals surface area contributed by atoms with Crippen molar-refractivity contribution in [3.8, 4) is 11.5 Å². The lowest BCUT2D eigenvalue weighted by Crippen LogP contribution is -2.14. The third kappa shape index (κ3) is 4.92. The van der Waals surface area contributed by atoms with E-state index in [0.29, 0.717) is 17.1 Å². The smallest absolute Gasteiger partial charge is 0.418 e. The van der Waals surface area contributed by atoms with Gasteiger partial charge in [-0.05, 0) is 42.5 Å². The molecular formula is C18H15ClF3NO3. The summed E-state index contributed by atoms with van der Waals surface area (Å²) in [6.45, 7) is 0. The van der Waals surface area contributed by atoms with Gasteiger partial charge in [0.2, 0.25) is 5.91 Å². The van der Waals surface area contributed by atoms with Crippen molar-refractivity contribution in [3.63, 3.8) is 0 Å². The highest BCUT2D eigenvalue weighted by Crippen LogP contribution is 2.36. The zero-order valence-corrected chi connectivity index (χ0v) is 14.6. The number of benzene rings is 2. The molecule has 4 nitrogen and oxygen atoms in total. The quantitative estimate of drug-likeness (QED) is 0.734. The predicted molar refractivity (Wildman–Crippen MR) is 93.7 cm³/mol. The molecule has 0 saturated carbocycles. The summed E-state index contributed by atoms with van der Waals surface area (Å²) in [5.41, 5.74) is -0.867. The van der Waals surface area contributed by atoms with E-state index in [4.69, 9.17) is 21.1 Å². The molecule has 8 heteroatoms. The molecule has 138 valence electrons. The second-order valence-electron chi connectivity index (χ2n) is 5.12. The molecule has 0 aliphatic carbocycles. The zero-order valence-electron chi connectivity index (χ0n) is 13.9. The van der Waals surface area contributed by atoms with Crippen molar-refractivity contribution in [2.45, 2.75) is 6.18 Å². The molecule has 2 rings (SSSR count). The Hall–Kier alpha value is -2.67. The molecule has 0 saturated heterocycles. The van der Waals surface area contributed by atoms with Crippen LogP contribution in [0, 0.1) is 0 Å². The van der Waals surface area contributed by atoms with E-state index >= 15 is 0 Å². The van der Waals surface area contributed by atoms with E-state index in [1.807, 2.05) is 0 Å². The van der Waals surface area contributed by atoms with Crippen molar-refractivity contribution in [1.29, 1.82) is 0 Å². The van der Waals surface area contributed by atoms with Crippen molar-refractivity contribution in [1.82, 2.24) is 0 Å². The molecule has 26 heavy (non-hydrogen) atoms. The Morgan fingerprint density at radius 2 is 1.85 bits per heavy atom. The monoisotopic (exact) mass is 385 g/mol. The summed E-state index contributed by atoms with van der Waals surface area (Å²) in [7, 11) is 2.95. The lowest BCUT2D eigenvalue weighted by Gasteiger charge is -2.13. The highest BCUT2D eigenvalue weighted by atomic mass is 35.5. The topological polar surface area (TPSA) is 47.6 Å². The van der Waals surface area contributed by atoms with Gasteiger partial charge in [-0.15, -0.1) is 0 Å². The average Bonchev–Trinajstić information content (AvgIpc) is 2.60. The van der Waals surface area contributed by atoms with Crippen LogP contribution in [-0.2, 0) is 11.0 Å². The molecular weight excluding hydrogens is 371 g/mol. The Bertz CT molecular complexity index is 835. The van der Waals surface area contributed by atoms with E-state index in [9.17, 15) is 18.0 Å². The van der Waals surface area contributed by atoms with Crippen LogP contribution in [0.1, 0.15) is 11.1 Å². The van der Waals surface area contributed by atoms with Gasteiger partial charge in [0.15, 0.2) is 0 Å². The van der Waals surface area contributed by atoms with Gasteiger partial charge in [-0.25, -0.2) is 0 Å². The minimum Gasteiger partial charge on any atom is -0.497 e. The Morgan fingerprint density at radius 1 is 1.12 bits per heavy atom. The normalized spacial score (nSPS) is 11.5. The third-order valence-corrected chi connectivity index (χ3v) is 3.63. The number of amides is 1. The van der Waals surface area contributed by atoms with Crippen LogP contribution in [0.2, 0.25) is 5.02 Å². The summed E-state index contributed by atoms with van der Waals surface area (Å²) in [6, 6.07) is 8.08. The van der Waals surface area contributed by atoms with E-state index < -0.39 is 17.6 Å². The first-order valence-corrected chi connectivity index (χ1v) is 7.70. The molecule has 0 fully saturated rings. The van der Waals surface area contributed by atoms with Crippen LogP contribution in [0.5, 0.6) is 11.5 Å². The minimum atomic E-state index is -4.65. The fourth-order valence-electron chi connectivity index (χ4n) is 2.17. The van der Waals surface area contributed by atoms with E-state index in [1.54, 1.807) is 18.2 Å². The van der Waals surface area contributed by atoms with E-state index in [1.165, 1.54) is 26.4 Å². The number of halogens is 4. The first-order valence-electron chi connectivity index (χ1n) is 7.32. The first kappa shape index (κ1) is 19.7. The molecule has 1 amide bonds. The van der Waals surface area contributed by atoms with E-state index in [2.05, 4.69) is 5.32 Å². The van der Waals surface area contributed by atoms with Crippen molar-refractivity contribution >= 4 is 29.3 Å². The number of ether oxygens (including phenoxy) is 2. The summed E-state index contributed by atoms with van der Waals surface area (Å²) in [5, 5.41) is 2.13. The second kappa shape index (κ2) is 8.14. The molecule has 0 heterocycles. The average molecular weight is 386 g/mol. The van der Waals surface area contributed by atoms with Crippen LogP contribution in [-0.4, -0.2) is 20.1 Å². The van der Waals surface area contributed by atoms with E-state index in [0.717, 1.165) is 18.2 Å². The molecule has 0 aliphatic rings. The van der Waals surface area contributed by atoms with Gasteiger partial charge in [0.05, 0.1) is 25.5 Å². The molecule has 1 N–H and O–H groups in total. The van der Waals surface area contributed by atoms with Crippen molar-refractivity contribution < 1.29 is 27.4 Å². The molecule has 0 bridgehead atoms. The largest absolute Gasteiger partial charge is 0.497 e. The SMILES string of the molecule is COc1ccc(OC)c(/C=C/C(=O)Nc2ccc(Cl)cc2C(F)(F)F)c1. The number of hydrogen-bond acceptors (Lipinski definition) is 3. The minimum absolute atomic E-state index is 0.0769. The zero-order chi connectivity index (χ0) is 19.3. The number of alkyl halides is 3. The van der Waals surface area contributed by atoms with Crippen molar-refractivity contribution in [2.24, 2.45) is 0 Å². The third-order valence-electron chi connectivity index (χ3n) is 3.40. The number of carbonyl (C=O) groups excluding carboxylic acids is 1. The van der Waals surface area contributed by atoms with Crippen molar-refractivity contribution in [2.75, 3.05) is 19.5 Å². The van der Waals surface area contributed by atoms with Crippen LogP contribution >= 0.6 is 11.6 Å². The number of methoxy groups -OCH3 is 2. The van der Waals surface area contributed by atoms with Gasteiger partial charge in [-0.3, -0.25) is 4.79 Å². The second-order valence-corrected chi connectivity index (χ2v) is 5.55. The molecule has 0 unspecified atom stereocenters. The molecule has 0 atom stereocenters. The van der Waals surface area contributed by atoms with Gasteiger partial charge < -0.3 is 14.8 Å². The maximum absolute atomic E-state index is 13.1. The fraction of sp³-hybridized carbons (Fsp3) is 0.167. The maximum Gasteiger partial charge on any atom is 0.418 e. The van der Waals surface area contributed by atoms with Crippen LogP contribution in [0.3, 0.4) is 0 Å². The van der Waals surface area contributed by atoms with Crippen molar-refractivity contribution in [3.05, 3.63) is 58.6 Å². The van der Waals surface area contributed by atoms with E-state index in [-0.39, 0.29) is 10.7 Å². The number of nitrogens with one attached hydrogen (secondary N) is 1. The summed E-state index contributed by atoms with van der Waals surface area (Å²) in [4.78, 5) is 12.0. The Labute approximate surface area is 153 Å². The Balaban J connectivity index is 2.24. The standard InChI is InChI=1S/C18H15ClF3NO3/c1-25-13-5-7-16(26-2)11(9-13)3-8-17(24)23-15-6-4-12(19)10-14(15)18(20,21)22/h3-10H,1-2H3,(H,23,24)/b8-3+. The number of hydrogen-bond donors (Lipinski definition) is 1. The van der Waals surface area contributed by atoms with Crippen LogP contribution in [0.4, 0.5) is 18.9 Å². The molecule has 0 radical (unpaired) electrons. The van der Waals surface area contributed by atoms with Gasteiger partial charge in [-0.1, -0.05) is 11.6 Å². The van der Waals surface area contributed by atoms with Gasteiger partial charge in [0, 0.05) is 16.7 Å². The highest BCUT2D eigenvalue weighted by Gasteiger charge is 2.34. The van der Waals surface area contributed by atoms with Gasteiger partial charge >= 0.3 is 6.18 Å². The highest BCUT2D eigenvalue weighted by molar-refractivity contribution is 6.30. The molecule has 2 aromatic rings. The lowest BCUT2D eigenvalue weighted by atomic mass is 10.1. The predicted octanol–water partition coefficient (Wildman–Crippen LogP) is 5.03. The summed E-state index contributed by atoms with van der Waals surface area (Å²) in [5.74, 6) is 0.294. The molecule has 0 aromatic heterocycles. The van der Waals surface area contributed by atoms with Gasteiger partial charge in [0.25, 0.3) is 0 Å². The van der Waals surface area contributed by atoms with Gasteiger partial charge in [0.1, 0.15) is 11.5 Å². The maximum atomic E-state index is 13.1. The van der Waals surface area contributed by atoms with Crippen LogP contribution < -0.4 is 14.8 Å². The summed E-state index contributed by atoms with van der Waals surface area (Å²) < 4.78 is 49.4. The van der Waals surface area contributed by atoms with Gasteiger partial charge in [-0.2, -0.15) is 13.2 Å². The van der Waals surface area contributed by atoms with Crippen LogP contribution in [0.15, 0.2) is 42.5 Å².